The second-order valence-electron chi connectivity index (χ2n) is 5.33. The second-order valence-corrected chi connectivity index (χ2v) is 5.33. The lowest BCUT2D eigenvalue weighted by atomic mass is 10.2. The molecule has 1 unspecified atom stereocenters. The fourth-order valence-electron chi connectivity index (χ4n) is 2.71. The number of carbonyl (C=O) groups excluding carboxylic acids is 2. The largest absolute Gasteiger partial charge is 0.449 e. The number of nitrogens with one attached hydrogen (secondary N) is 1. The molecular formula is C16H18N2O3. The molecule has 1 fully saturated rings. The van der Waals surface area contributed by atoms with Crippen LogP contribution in [0, 0.1) is 0 Å². The van der Waals surface area contributed by atoms with Crippen LogP contribution in [0.3, 0.4) is 0 Å². The van der Waals surface area contributed by atoms with E-state index in [1.165, 1.54) is 0 Å². The fourth-order valence-corrected chi connectivity index (χ4v) is 2.71. The summed E-state index contributed by atoms with van der Waals surface area (Å²) in [5.41, 5.74) is 1.34. The van der Waals surface area contributed by atoms with Crippen LogP contribution < -0.4 is 0 Å². The van der Waals surface area contributed by atoms with Crippen LogP contribution in [0.2, 0.25) is 0 Å². The quantitative estimate of drug-likeness (QED) is 0.881. The zero-order valence-electron chi connectivity index (χ0n) is 12.0. The van der Waals surface area contributed by atoms with E-state index in [0.29, 0.717) is 5.56 Å². The molecule has 0 bridgehead atoms. The van der Waals surface area contributed by atoms with Crippen molar-refractivity contribution >= 4 is 22.8 Å². The van der Waals surface area contributed by atoms with Crippen molar-refractivity contribution in [2.24, 2.45) is 0 Å². The van der Waals surface area contributed by atoms with E-state index in [9.17, 15) is 9.59 Å². The number of benzene rings is 1. The number of likely N-dealkylation sites (tertiary alicyclic amines) is 1. The summed E-state index contributed by atoms with van der Waals surface area (Å²) in [5, 5.41) is 0.809. The Bertz CT molecular complexity index is 671. The van der Waals surface area contributed by atoms with Crippen LogP contribution in [-0.4, -0.2) is 41.0 Å². The number of hydrogen-bond donors (Lipinski definition) is 1. The van der Waals surface area contributed by atoms with Gasteiger partial charge >= 0.3 is 5.97 Å². The molecule has 2 aromatic rings. The molecule has 5 nitrogen and oxygen atoms in total. The highest BCUT2D eigenvalue weighted by Gasteiger charge is 2.26. The monoisotopic (exact) mass is 286 g/mol. The van der Waals surface area contributed by atoms with Crippen molar-refractivity contribution in [3.8, 4) is 0 Å². The number of ether oxygens (including phenoxy) is 1. The van der Waals surface area contributed by atoms with E-state index in [1.54, 1.807) is 18.0 Å². The van der Waals surface area contributed by atoms with E-state index in [1.807, 2.05) is 24.3 Å². The summed E-state index contributed by atoms with van der Waals surface area (Å²) in [6.45, 7) is 3.15. The predicted octanol–water partition coefficient (Wildman–Crippen LogP) is 2.34. The van der Waals surface area contributed by atoms with Gasteiger partial charge in [0.15, 0.2) is 6.10 Å². The number of esters is 1. The molecule has 1 atom stereocenters. The van der Waals surface area contributed by atoms with Gasteiger partial charge in [-0.15, -0.1) is 0 Å². The highest BCUT2D eigenvalue weighted by molar-refractivity contribution is 6.04. The van der Waals surface area contributed by atoms with Crippen molar-refractivity contribution < 1.29 is 14.3 Å². The number of H-pyrrole nitrogens is 1. The first-order chi connectivity index (χ1) is 10.2. The normalized spacial score (nSPS) is 16.1. The average Bonchev–Trinajstić information content (AvgIpc) is 3.15. The molecular weight excluding hydrogens is 268 g/mol. The van der Waals surface area contributed by atoms with Crippen molar-refractivity contribution in [3.05, 3.63) is 36.0 Å². The maximum absolute atomic E-state index is 12.2. The van der Waals surface area contributed by atoms with E-state index < -0.39 is 12.1 Å². The van der Waals surface area contributed by atoms with Gasteiger partial charge in [-0.05, 0) is 25.8 Å². The summed E-state index contributed by atoms with van der Waals surface area (Å²) in [4.78, 5) is 29.2. The number of hydrogen-bond acceptors (Lipinski definition) is 3. The first-order valence-electron chi connectivity index (χ1n) is 7.22. The van der Waals surface area contributed by atoms with Crippen LogP contribution >= 0.6 is 0 Å². The first kappa shape index (κ1) is 13.7. The molecule has 1 aliphatic rings. The molecule has 3 rings (SSSR count). The Morgan fingerprint density at radius 3 is 2.71 bits per heavy atom. The van der Waals surface area contributed by atoms with Gasteiger partial charge in [-0.3, -0.25) is 4.79 Å². The Hall–Kier alpha value is -2.30. The van der Waals surface area contributed by atoms with Crippen LogP contribution in [0.4, 0.5) is 0 Å². The third kappa shape index (κ3) is 2.63. The maximum Gasteiger partial charge on any atom is 0.341 e. The SMILES string of the molecule is CC(OC(=O)c1c[nH]c2ccccc12)C(=O)N1CCCC1. The van der Waals surface area contributed by atoms with Gasteiger partial charge in [0.05, 0.1) is 5.56 Å². The molecule has 5 heteroatoms. The van der Waals surface area contributed by atoms with Gasteiger partial charge in [-0.1, -0.05) is 18.2 Å². The Morgan fingerprint density at radius 2 is 1.95 bits per heavy atom. The summed E-state index contributed by atoms with van der Waals surface area (Å²) in [7, 11) is 0. The van der Waals surface area contributed by atoms with Crippen LogP contribution in [0.25, 0.3) is 10.9 Å². The Morgan fingerprint density at radius 1 is 1.24 bits per heavy atom. The zero-order chi connectivity index (χ0) is 14.8. The van der Waals surface area contributed by atoms with Crippen LogP contribution in [0.15, 0.2) is 30.5 Å². The number of rotatable bonds is 3. The number of para-hydroxylation sites is 1. The third-order valence-electron chi connectivity index (χ3n) is 3.86. The highest BCUT2D eigenvalue weighted by Crippen LogP contribution is 2.19. The predicted molar refractivity (Wildman–Crippen MR) is 79.0 cm³/mol. The van der Waals surface area contributed by atoms with Crippen molar-refractivity contribution in [1.29, 1.82) is 0 Å². The smallest absolute Gasteiger partial charge is 0.341 e. The van der Waals surface area contributed by atoms with Gasteiger partial charge in [-0.25, -0.2) is 4.79 Å². The Kier molecular flexibility index (Phi) is 3.64. The van der Waals surface area contributed by atoms with E-state index in [2.05, 4.69) is 4.98 Å². The van der Waals surface area contributed by atoms with Crippen molar-refractivity contribution in [2.75, 3.05) is 13.1 Å². The molecule has 2 heterocycles. The van der Waals surface area contributed by atoms with E-state index >= 15 is 0 Å². The average molecular weight is 286 g/mol. The van der Waals surface area contributed by atoms with Gasteiger partial charge in [0.2, 0.25) is 0 Å². The second kappa shape index (κ2) is 5.60. The molecule has 1 saturated heterocycles. The van der Waals surface area contributed by atoms with Gasteiger partial charge in [0, 0.05) is 30.2 Å². The van der Waals surface area contributed by atoms with Gasteiger partial charge in [0.25, 0.3) is 5.91 Å². The minimum Gasteiger partial charge on any atom is -0.449 e. The molecule has 0 aliphatic carbocycles. The number of carbonyl (C=O) groups is 2. The van der Waals surface area contributed by atoms with Crippen molar-refractivity contribution in [2.45, 2.75) is 25.9 Å². The molecule has 0 spiro atoms. The highest BCUT2D eigenvalue weighted by atomic mass is 16.5. The molecule has 110 valence electrons. The van der Waals surface area contributed by atoms with E-state index in [-0.39, 0.29) is 5.91 Å². The van der Waals surface area contributed by atoms with Crippen LogP contribution in [-0.2, 0) is 9.53 Å². The molecule has 1 aliphatic heterocycles. The standard InChI is InChI=1S/C16H18N2O3/c1-11(15(19)18-8-4-5-9-18)21-16(20)13-10-17-14-7-3-2-6-12(13)14/h2-3,6-7,10-11,17H,4-5,8-9H2,1H3. The minimum atomic E-state index is -0.746. The number of fused-ring (bicyclic) bond motifs is 1. The van der Waals surface area contributed by atoms with Crippen molar-refractivity contribution in [1.82, 2.24) is 9.88 Å². The van der Waals surface area contributed by atoms with Gasteiger partial charge in [0.1, 0.15) is 0 Å². The Labute approximate surface area is 122 Å². The van der Waals surface area contributed by atoms with E-state index in [0.717, 1.165) is 36.8 Å². The summed E-state index contributed by atoms with van der Waals surface area (Å²) >= 11 is 0. The van der Waals surface area contributed by atoms with Crippen molar-refractivity contribution in [3.63, 3.8) is 0 Å². The fraction of sp³-hybridized carbons (Fsp3) is 0.375. The maximum atomic E-state index is 12.2. The molecule has 1 amide bonds. The molecule has 1 N–H and O–H groups in total. The topological polar surface area (TPSA) is 62.4 Å². The first-order valence-corrected chi connectivity index (χ1v) is 7.22. The van der Waals surface area contributed by atoms with Crippen LogP contribution in [0.1, 0.15) is 30.1 Å². The number of aromatic nitrogens is 1. The molecule has 0 saturated carbocycles. The lowest BCUT2D eigenvalue weighted by Crippen LogP contribution is -2.38. The number of aromatic amines is 1. The summed E-state index contributed by atoms with van der Waals surface area (Å²) in [6.07, 6.45) is 2.92. The number of amides is 1. The molecule has 1 aromatic heterocycles. The molecule has 0 radical (unpaired) electrons. The lowest BCUT2D eigenvalue weighted by Gasteiger charge is -2.20. The van der Waals surface area contributed by atoms with E-state index in [4.69, 9.17) is 4.74 Å². The summed E-state index contributed by atoms with van der Waals surface area (Å²) in [6, 6.07) is 7.51. The van der Waals surface area contributed by atoms with Crippen LogP contribution in [0.5, 0.6) is 0 Å². The molecule has 21 heavy (non-hydrogen) atoms. The molecule has 1 aromatic carbocycles. The minimum absolute atomic E-state index is 0.110. The van der Waals surface area contributed by atoms with Gasteiger partial charge in [-0.2, -0.15) is 0 Å². The third-order valence-corrected chi connectivity index (χ3v) is 3.86. The van der Waals surface area contributed by atoms with Gasteiger partial charge < -0.3 is 14.6 Å². The number of nitrogens with zero attached hydrogens (tertiary/aromatic N) is 1. The Balaban J connectivity index is 1.72. The lowest BCUT2D eigenvalue weighted by molar-refractivity contribution is -0.138. The summed E-state index contributed by atoms with van der Waals surface area (Å²) < 4.78 is 5.33. The zero-order valence-corrected chi connectivity index (χ0v) is 12.0. The summed E-state index contributed by atoms with van der Waals surface area (Å²) in [5.74, 6) is -0.576.